The van der Waals surface area contributed by atoms with Gasteiger partial charge in [-0.1, -0.05) is 0 Å². The van der Waals surface area contributed by atoms with E-state index in [1.807, 2.05) is 6.92 Å². The van der Waals surface area contributed by atoms with Crippen molar-refractivity contribution in [3.8, 4) is 0 Å². The minimum absolute atomic E-state index is 0.0322. The zero-order chi connectivity index (χ0) is 12.3. The predicted molar refractivity (Wildman–Crippen MR) is 59.3 cm³/mol. The van der Waals surface area contributed by atoms with E-state index >= 15 is 0 Å². The lowest BCUT2D eigenvalue weighted by atomic mass is 10.2. The molecule has 2 aromatic rings. The highest BCUT2D eigenvalue weighted by Gasteiger charge is 2.10. The first-order valence-corrected chi connectivity index (χ1v) is 4.88. The number of rotatable bonds is 4. The molecule has 2 N–H and O–H groups in total. The lowest BCUT2D eigenvalue weighted by Gasteiger charge is -2.10. The van der Waals surface area contributed by atoms with Gasteiger partial charge in [0.2, 0.25) is 5.95 Å². The summed E-state index contributed by atoms with van der Waals surface area (Å²) in [6.45, 7) is 1.91. The Hall–Kier alpha value is -2.51. The van der Waals surface area contributed by atoms with Crippen LogP contribution in [-0.4, -0.2) is 25.1 Å². The van der Waals surface area contributed by atoms with Crippen LogP contribution in [0.2, 0.25) is 0 Å². The van der Waals surface area contributed by atoms with Crippen molar-refractivity contribution in [1.82, 2.24) is 20.2 Å². The summed E-state index contributed by atoms with van der Waals surface area (Å²) in [4.78, 5) is 17.6. The van der Waals surface area contributed by atoms with E-state index in [9.17, 15) is 10.1 Å². The van der Waals surface area contributed by atoms with Crippen molar-refractivity contribution in [1.29, 1.82) is 0 Å². The van der Waals surface area contributed by atoms with Crippen molar-refractivity contribution < 1.29 is 4.92 Å². The number of nitro groups is 1. The second kappa shape index (κ2) is 4.56. The molecular weight excluding hydrogens is 224 g/mol. The monoisotopic (exact) mass is 234 g/mol. The van der Waals surface area contributed by atoms with Gasteiger partial charge in [-0.05, 0) is 6.92 Å². The first-order valence-electron chi connectivity index (χ1n) is 4.88. The first-order chi connectivity index (χ1) is 8.16. The van der Waals surface area contributed by atoms with Crippen LogP contribution in [0.4, 0.5) is 11.6 Å². The normalized spacial score (nSPS) is 12.1. The summed E-state index contributed by atoms with van der Waals surface area (Å²) in [6.07, 6.45) is 5.76. The lowest BCUT2D eigenvalue weighted by molar-refractivity contribution is -0.385. The van der Waals surface area contributed by atoms with Crippen LogP contribution < -0.4 is 5.32 Å². The van der Waals surface area contributed by atoms with Gasteiger partial charge < -0.3 is 5.32 Å². The quantitative estimate of drug-likeness (QED) is 0.609. The van der Waals surface area contributed by atoms with Gasteiger partial charge in [0.1, 0.15) is 12.4 Å². The maximum atomic E-state index is 10.4. The summed E-state index contributed by atoms with van der Waals surface area (Å²) in [5.74, 6) is 0.337. The molecule has 0 spiro atoms. The topological polar surface area (TPSA) is 110 Å². The molecule has 1 atom stereocenters. The standard InChI is InChI=1S/C9H10N6O2/c1-6(7-2-12-13-3-7)14-9-10-4-8(5-11-9)15(16)17/h2-6H,1H3,(H,12,13)(H,10,11,14). The van der Waals surface area contributed by atoms with E-state index in [1.165, 1.54) is 0 Å². The lowest BCUT2D eigenvalue weighted by Crippen LogP contribution is -2.08. The maximum absolute atomic E-state index is 10.4. The summed E-state index contributed by atoms with van der Waals surface area (Å²) >= 11 is 0. The molecule has 17 heavy (non-hydrogen) atoms. The number of hydrogen-bond donors (Lipinski definition) is 2. The van der Waals surface area contributed by atoms with Crippen LogP contribution in [0.15, 0.2) is 24.8 Å². The molecule has 0 amide bonds. The average molecular weight is 234 g/mol. The van der Waals surface area contributed by atoms with Gasteiger partial charge >= 0.3 is 5.69 Å². The van der Waals surface area contributed by atoms with Gasteiger partial charge in [-0.2, -0.15) is 5.10 Å². The molecule has 0 bridgehead atoms. The Morgan fingerprint density at radius 1 is 1.41 bits per heavy atom. The van der Waals surface area contributed by atoms with Crippen molar-refractivity contribution in [3.05, 3.63) is 40.5 Å². The van der Waals surface area contributed by atoms with E-state index in [0.717, 1.165) is 18.0 Å². The summed E-state index contributed by atoms with van der Waals surface area (Å²) in [5.41, 5.74) is 0.818. The highest BCUT2D eigenvalue weighted by Crippen LogP contribution is 2.15. The molecule has 0 aliphatic heterocycles. The van der Waals surface area contributed by atoms with E-state index in [4.69, 9.17) is 0 Å². The number of H-pyrrole nitrogens is 1. The number of nitrogens with zero attached hydrogens (tertiary/aromatic N) is 4. The molecule has 0 fully saturated rings. The minimum atomic E-state index is -0.538. The molecule has 0 aliphatic rings. The highest BCUT2D eigenvalue weighted by molar-refractivity contribution is 5.33. The van der Waals surface area contributed by atoms with Crippen LogP contribution in [0.25, 0.3) is 0 Å². The number of anilines is 1. The average Bonchev–Trinajstić information content (AvgIpc) is 2.83. The van der Waals surface area contributed by atoms with Crippen LogP contribution >= 0.6 is 0 Å². The Labute approximate surface area is 96.3 Å². The third-order valence-corrected chi connectivity index (χ3v) is 2.21. The fraction of sp³-hybridized carbons (Fsp3) is 0.222. The van der Waals surface area contributed by atoms with Gasteiger partial charge in [0.05, 0.1) is 17.2 Å². The molecule has 2 aromatic heterocycles. The molecule has 1 unspecified atom stereocenters. The zero-order valence-corrected chi connectivity index (χ0v) is 8.99. The van der Waals surface area contributed by atoms with E-state index in [2.05, 4.69) is 25.5 Å². The summed E-state index contributed by atoms with van der Waals surface area (Å²) in [6, 6.07) is -0.0322. The Kier molecular flexibility index (Phi) is 2.95. The molecule has 0 saturated heterocycles. The molecule has 8 heteroatoms. The van der Waals surface area contributed by atoms with Gasteiger partial charge in [-0.25, -0.2) is 9.97 Å². The van der Waals surface area contributed by atoms with Crippen LogP contribution in [0.1, 0.15) is 18.5 Å². The molecule has 8 nitrogen and oxygen atoms in total. The molecular formula is C9H10N6O2. The Balaban J connectivity index is 2.06. The zero-order valence-electron chi connectivity index (χ0n) is 8.99. The van der Waals surface area contributed by atoms with Crippen molar-refractivity contribution in [2.24, 2.45) is 0 Å². The highest BCUT2D eigenvalue weighted by atomic mass is 16.6. The first kappa shape index (κ1) is 11.0. The van der Waals surface area contributed by atoms with E-state index in [0.29, 0.717) is 5.95 Å². The smallest absolute Gasteiger partial charge is 0.305 e. The van der Waals surface area contributed by atoms with Crippen molar-refractivity contribution in [2.75, 3.05) is 5.32 Å². The molecule has 2 rings (SSSR count). The molecule has 88 valence electrons. The Morgan fingerprint density at radius 3 is 2.65 bits per heavy atom. The van der Waals surface area contributed by atoms with Gasteiger partial charge in [-0.15, -0.1) is 0 Å². The van der Waals surface area contributed by atoms with Crippen LogP contribution in [0, 0.1) is 10.1 Å². The van der Waals surface area contributed by atoms with Crippen molar-refractivity contribution in [3.63, 3.8) is 0 Å². The van der Waals surface area contributed by atoms with E-state index in [1.54, 1.807) is 12.4 Å². The van der Waals surface area contributed by atoms with Crippen molar-refractivity contribution >= 4 is 11.6 Å². The third-order valence-electron chi connectivity index (χ3n) is 2.21. The SMILES string of the molecule is CC(Nc1ncc([N+](=O)[O-])cn1)c1cn[nH]c1. The molecule has 2 heterocycles. The van der Waals surface area contributed by atoms with Gasteiger partial charge in [0, 0.05) is 11.8 Å². The molecule has 0 aromatic carbocycles. The Morgan fingerprint density at radius 2 is 2.12 bits per heavy atom. The summed E-state index contributed by atoms with van der Waals surface area (Å²) in [7, 11) is 0. The second-order valence-electron chi connectivity index (χ2n) is 3.42. The van der Waals surface area contributed by atoms with Crippen LogP contribution in [0.3, 0.4) is 0 Å². The fourth-order valence-corrected chi connectivity index (χ4v) is 1.26. The van der Waals surface area contributed by atoms with Crippen molar-refractivity contribution in [2.45, 2.75) is 13.0 Å². The number of hydrogen-bond acceptors (Lipinski definition) is 6. The summed E-state index contributed by atoms with van der Waals surface area (Å²) in [5, 5.41) is 19.9. The molecule has 0 saturated carbocycles. The van der Waals surface area contributed by atoms with Crippen LogP contribution in [0.5, 0.6) is 0 Å². The minimum Gasteiger partial charge on any atom is -0.348 e. The summed E-state index contributed by atoms with van der Waals surface area (Å²) < 4.78 is 0. The maximum Gasteiger partial charge on any atom is 0.305 e. The molecule has 0 radical (unpaired) electrons. The van der Waals surface area contributed by atoms with Gasteiger partial charge in [0.15, 0.2) is 0 Å². The molecule has 0 aliphatic carbocycles. The second-order valence-corrected chi connectivity index (χ2v) is 3.42. The largest absolute Gasteiger partial charge is 0.348 e. The van der Waals surface area contributed by atoms with E-state index < -0.39 is 4.92 Å². The van der Waals surface area contributed by atoms with E-state index in [-0.39, 0.29) is 11.7 Å². The van der Waals surface area contributed by atoms with Crippen LogP contribution in [-0.2, 0) is 0 Å². The number of nitrogens with one attached hydrogen (secondary N) is 2. The predicted octanol–water partition coefficient (Wildman–Crippen LogP) is 1.28. The van der Waals surface area contributed by atoms with Gasteiger partial charge in [-0.3, -0.25) is 15.2 Å². The number of aromatic nitrogens is 4. The third kappa shape index (κ3) is 2.54. The number of aromatic amines is 1. The van der Waals surface area contributed by atoms with Gasteiger partial charge in [0.25, 0.3) is 0 Å². The fourth-order valence-electron chi connectivity index (χ4n) is 1.26. The Bertz CT molecular complexity index is 495.